The van der Waals surface area contributed by atoms with Gasteiger partial charge in [-0.3, -0.25) is 19.3 Å². The van der Waals surface area contributed by atoms with Gasteiger partial charge >= 0.3 is 6.36 Å². The quantitative estimate of drug-likeness (QED) is 0.462. The number of amides is 2. The van der Waals surface area contributed by atoms with Gasteiger partial charge in [0, 0.05) is 50.3 Å². The number of ketones is 1. The fourth-order valence-electron chi connectivity index (χ4n) is 3.46. The molecule has 0 bridgehead atoms. The molecule has 1 N–H and O–H groups in total. The zero-order valence-corrected chi connectivity index (χ0v) is 18.1. The van der Waals surface area contributed by atoms with E-state index in [0.717, 1.165) is 12.1 Å². The third-order valence-electron chi connectivity index (χ3n) is 5.20. The van der Waals surface area contributed by atoms with Crippen molar-refractivity contribution in [1.29, 1.82) is 0 Å². The van der Waals surface area contributed by atoms with Crippen molar-refractivity contribution in [3.8, 4) is 5.75 Å². The minimum atomic E-state index is -4.79. The molecule has 0 saturated carbocycles. The van der Waals surface area contributed by atoms with Crippen LogP contribution in [-0.2, 0) is 9.59 Å². The van der Waals surface area contributed by atoms with E-state index in [1.54, 1.807) is 4.90 Å². The minimum Gasteiger partial charge on any atom is -0.406 e. The summed E-state index contributed by atoms with van der Waals surface area (Å²) in [6, 6.07) is 9.99. The normalized spacial score (nSPS) is 14.5. The van der Waals surface area contributed by atoms with Gasteiger partial charge in [0.15, 0.2) is 5.78 Å². The summed E-state index contributed by atoms with van der Waals surface area (Å²) in [5.74, 6) is -1.56. The summed E-state index contributed by atoms with van der Waals surface area (Å²) in [6.45, 7) is 1.79. The van der Waals surface area contributed by atoms with Crippen LogP contribution in [0.15, 0.2) is 48.5 Å². The molecule has 1 heterocycles. The predicted molar refractivity (Wildman–Crippen MR) is 115 cm³/mol. The van der Waals surface area contributed by atoms with Gasteiger partial charge in [-0.1, -0.05) is 0 Å². The monoisotopic (exact) mass is 481 g/mol. The van der Waals surface area contributed by atoms with E-state index in [-0.39, 0.29) is 42.7 Å². The first kappa shape index (κ1) is 25.2. The molecular weight excluding hydrogens is 458 g/mol. The van der Waals surface area contributed by atoms with E-state index in [0.29, 0.717) is 37.4 Å². The summed E-state index contributed by atoms with van der Waals surface area (Å²) in [7, 11) is 0. The number of hydrogen-bond acceptors (Lipinski definition) is 5. The second-order valence-corrected chi connectivity index (χ2v) is 7.71. The highest BCUT2D eigenvalue weighted by Gasteiger charge is 2.31. The van der Waals surface area contributed by atoms with Crippen LogP contribution < -0.4 is 10.1 Å². The summed E-state index contributed by atoms with van der Waals surface area (Å²) < 4.78 is 53.3. The zero-order chi connectivity index (χ0) is 24.7. The lowest BCUT2D eigenvalue weighted by molar-refractivity contribution is -0.274. The first-order chi connectivity index (χ1) is 16.1. The summed E-state index contributed by atoms with van der Waals surface area (Å²) in [5, 5.41) is 2.61. The average molecular weight is 481 g/mol. The number of rotatable bonds is 8. The number of ether oxygens (including phenoxy) is 1. The van der Waals surface area contributed by atoms with Crippen molar-refractivity contribution < 1.29 is 36.7 Å². The Balaban J connectivity index is 1.37. The lowest BCUT2D eigenvalue weighted by Gasteiger charge is -2.34. The van der Waals surface area contributed by atoms with Crippen molar-refractivity contribution in [1.82, 2.24) is 9.80 Å². The summed E-state index contributed by atoms with van der Waals surface area (Å²) in [5.41, 5.74) is 0.687. The number of piperazine rings is 1. The van der Waals surface area contributed by atoms with Crippen molar-refractivity contribution in [3.05, 3.63) is 59.9 Å². The van der Waals surface area contributed by atoms with Crippen LogP contribution in [0.2, 0.25) is 0 Å². The van der Waals surface area contributed by atoms with Crippen LogP contribution in [0.1, 0.15) is 23.2 Å². The number of carbonyl (C=O) groups excluding carboxylic acids is 3. The maximum Gasteiger partial charge on any atom is 0.573 e. The van der Waals surface area contributed by atoms with Crippen molar-refractivity contribution in [3.63, 3.8) is 0 Å². The molecule has 0 aromatic heterocycles. The molecule has 2 aromatic rings. The number of nitrogens with one attached hydrogen (secondary N) is 1. The van der Waals surface area contributed by atoms with E-state index >= 15 is 0 Å². The van der Waals surface area contributed by atoms with Gasteiger partial charge < -0.3 is 15.0 Å². The second-order valence-electron chi connectivity index (χ2n) is 7.71. The molecule has 1 aliphatic rings. The molecule has 1 saturated heterocycles. The topological polar surface area (TPSA) is 79.0 Å². The van der Waals surface area contributed by atoms with E-state index in [9.17, 15) is 31.9 Å². The van der Waals surface area contributed by atoms with Crippen molar-refractivity contribution in [2.75, 3.05) is 38.0 Å². The molecule has 2 aromatic carbocycles. The highest BCUT2D eigenvalue weighted by molar-refractivity contribution is 5.98. The highest BCUT2D eigenvalue weighted by atomic mass is 19.4. The summed E-state index contributed by atoms with van der Waals surface area (Å²) >= 11 is 0. The third-order valence-corrected chi connectivity index (χ3v) is 5.20. The van der Waals surface area contributed by atoms with E-state index in [4.69, 9.17) is 0 Å². The Labute approximate surface area is 193 Å². The maximum absolute atomic E-state index is 13.0. The standard InChI is InChI=1S/C23H23F4N3O4/c24-17-3-1-16(2-4-17)20(31)9-10-22(33)30-13-11-29(12-14-30)15-21(32)28-18-5-7-19(8-6-18)34-23(25,26)27/h1-8H,9-15H2,(H,28,32). The molecule has 0 atom stereocenters. The molecule has 7 nitrogen and oxygen atoms in total. The van der Waals surface area contributed by atoms with Crippen LogP contribution in [0.25, 0.3) is 0 Å². The largest absolute Gasteiger partial charge is 0.573 e. The van der Waals surface area contributed by atoms with Crippen LogP contribution in [0, 0.1) is 5.82 Å². The number of carbonyl (C=O) groups is 3. The number of hydrogen-bond donors (Lipinski definition) is 1. The fourth-order valence-corrected chi connectivity index (χ4v) is 3.46. The van der Waals surface area contributed by atoms with Gasteiger partial charge in [-0.05, 0) is 48.5 Å². The number of Topliss-reactive ketones (excluding diaryl/α,β-unsaturated/α-hetero) is 1. The molecule has 0 radical (unpaired) electrons. The second kappa shape index (κ2) is 11.1. The Kier molecular flexibility index (Phi) is 8.21. The van der Waals surface area contributed by atoms with Gasteiger partial charge in [0.1, 0.15) is 11.6 Å². The van der Waals surface area contributed by atoms with Gasteiger partial charge in [-0.15, -0.1) is 13.2 Å². The molecular formula is C23H23F4N3O4. The SMILES string of the molecule is O=C(CN1CCN(C(=O)CCC(=O)c2ccc(F)cc2)CC1)Nc1ccc(OC(F)(F)F)cc1. The molecule has 3 rings (SSSR count). The molecule has 0 spiro atoms. The number of nitrogens with zero attached hydrogens (tertiary/aromatic N) is 2. The molecule has 34 heavy (non-hydrogen) atoms. The van der Waals surface area contributed by atoms with Crippen molar-refractivity contribution in [2.45, 2.75) is 19.2 Å². The Morgan fingerprint density at radius 2 is 1.50 bits per heavy atom. The number of anilines is 1. The maximum atomic E-state index is 13.0. The molecule has 0 aliphatic carbocycles. The Bertz CT molecular complexity index is 1000. The van der Waals surface area contributed by atoms with Crippen molar-refractivity contribution in [2.24, 2.45) is 0 Å². The zero-order valence-electron chi connectivity index (χ0n) is 18.1. The minimum absolute atomic E-state index is 0.0277. The molecule has 1 fully saturated rings. The van der Waals surface area contributed by atoms with Crippen LogP contribution in [0.3, 0.4) is 0 Å². The number of benzene rings is 2. The number of alkyl halides is 3. The fraction of sp³-hybridized carbons (Fsp3) is 0.348. The van der Waals surface area contributed by atoms with Gasteiger partial charge in [0.25, 0.3) is 0 Å². The molecule has 1 aliphatic heterocycles. The summed E-state index contributed by atoms with van der Waals surface area (Å²) in [4.78, 5) is 40.3. The highest BCUT2D eigenvalue weighted by Crippen LogP contribution is 2.24. The van der Waals surface area contributed by atoms with Crippen LogP contribution in [0.4, 0.5) is 23.2 Å². The van der Waals surface area contributed by atoms with Gasteiger partial charge in [-0.25, -0.2) is 4.39 Å². The molecule has 2 amide bonds. The molecule has 11 heteroatoms. The van der Waals surface area contributed by atoms with E-state index in [2.05, 4.69) is 10.1 Å². The van der Waals surface area contributed by atoms with E-state index in [1.807, 2.05) is 4.90 Å². The smallest absolute Gasteiger partial charge is 0.406 e. The van der Waals surface area contributed by atoms with Crippen LogP contribution in [0.5, 0.6) is 5.75 Å². The first-order valence-electron chi connectivity index (χ1n) is 10.5. The van der Waals surface area contributed by atoms with Gasteiger partial charge in [0.05, 0.1) is 6.54 Å². The van der Waals surface area contributed by atoms with E-state index < -0.39 is 12.2 Å². The Morgan fingerprint density at radius 3 is 2.09 bits per heavy atom. The third kappa shape index (κ3) is 7.84. The lowest BCUT2D eigenvalue weighted by atomic mass is 10.1. The first-order valence-corrected chi connectivity index (χ1v) is 10.5. The Hall–Kier alpha value is -3.47. The van der Waals surface area contributed by atoms with Crippen LogP contribution in [-0.4, -0.2) is 66.5 Å². The van der Waals surface area contributed by atoms with E-state index in [1.165, 1.54) is 36.4 Å². The lowest BCUT2D eigenvalue weighted by Crippen LogP contribution is -2.50. The number of halogens is 4. The van der Waals surface area contributed by atoms with Crippen molar-refractivity contribution >= 4 is 23.3 Å². The van der Waals surface area contributed by atoms with Gasteiger partial charge in [-0.2, -0.15) is 0 Å². The Morgan fingerprint density at radius 1 is 0.882 bits per heavy atom. The molecule has 0 unspecified atom stereocenters. The van der Waals surface area contributed by atoms with Crippen LogP contribution >= 0.6 is 0 Å². The predicted octanol–water partition coefficient (Wildman–Crippen LogP) is 3.47. The van der Waals surface area contributed by atoms with Gasteiger partial charge in [0.2, 0.25) is 11.8 Å². The summed E-state index contributed by atoms with van der Waals surface area (Å²) in [6.07, 6.45) is -4.71. The average Bonchev–Trinajstić information content (AvgIpc) is 2.78. The molecule has 182 valence electrons.